The third-order valence-corrected chi connectivity index (χ3v) is 4.28. The van der Waals surface area contributed by atoms with Crippen molar-refractivity contribution in [2.45, 2.75) is 19.1 Å². The zero-order chi connectivity index (χ0) is 19.6. The molecule has 3 aromatic rings. The number of nitriles is 1. The molecule has 0 amide bonds. The van der Waals surface area contributed by atoms with Gasteiger partial charge in [-0.1, -0.05) is 40.5 Å². The Hall–Kier alpha value is -2.93. The molecule has 0 saturated carbocycles. The molecule has 9 nitrogen and oxygen atoms in total. The van der Waals surface area contributed by atoms with E-state index in [9.17, 15) is 14.7 Å². The molecule has 0 bridgehead atoms. The van der Waals surface area contributed by atoms with Gasteiger partial charge in [-0.2, -0.15) is 10.2 Å². The minimum Gasteiger partial charge on any atom is -0.388 e. The Kier molecular flexibility index (Phi) is 5.41. The molecule has 0 unspecified atom stereocenters. The van der Waals surface area contributed by atoms with Crippen LogP contribution in [0.3, 0.4) is 0 Å². The molecule has 0 aliphatic heterocycles. The minimum atomic E-state index is -0.886. The third kappa shape index (κ3) is 4.09. The standard InChI is InChI=1S/C16H11Cl2N5O4/c17-9-3-1-8(2-4-9)11(24)5-12-21-13(27-22-12)7-23-15(25)14(18)10(6-19)20-16(23)26/h1-4,11,24H,5,7H2,(H,20,26)/t11-/m0/s1. The van der Waals surface area contributed by atoms with Gasteiger partial charge in [0.2, 0.25) is 5.89 Å². The van der Waals surface area contributed by atoms with Crippen LogP contribution in [0.25, 0.3) is 0 Å². The average molecular weight is 408 g/mol. The summed E-state index contributed by atoms with van der Waals surface area (Å²) >= 11 is 11.6. The lowest BCUT2D eigenvalue weighted by atomic mass is 10.1. The maximum atomic E-state index is 12.1. The van der Waals surface area contributed by atoms with Gasteiger partial charge in [0, 0.05) is 11.4 Å². The zero-order valence-electron chi connectivity index (χ0n) is 13.5. The first kappa shape index (κ1) is 18.8. The van der Waals surface area contributed by atoms with Crippen molar-refractivity contribution in [1.29, 1.82) is 5.26 Å². The molecule has 2 heterocycles. The number of nitrogens with one attached hydrogen (secondary N) is 1. The second-order valence-electron chi connectivity index (χ2n) is 5.50. The fourth-order valence-corrected chi connectivity index (χ4v) is 2.63. The highest BCUT2D eigenvalue weighted by molar-refractivity contribution is 6.31. The maximum Gasteiger partial charge on any atom is 0.329 e. The number of benzene rings is 1. The van der Waals surface area contributed by atoms with Crippen LogP contribution in [0.5, 0.6) is 0 Å². The van der Waals surface area contributed by atoms with Crippen LogP contribution in [0.4, 0.5) is 0 Å². The van der Waals surface area contributed by atoms with E-state index in [2.05, 4.69) is 15.1 Å². The maximum absolute atomic E-state index is 12.1. The Morgan fingerprint density at radius 1 is 1.30 bits per heavy atom. The fourth-order valence-electron chi connectivity index (χ4n) is 2.32. The number of aromatic nitrogens is 4. The molecule has 1 atom stereocenters. The van der Waals surface area contributed by atoms with E-state index in [1.165, 1.54) is 0 Å². The molecule has 0 fully saturated rings. The summed E-state index contributed by atoms with van der Waals surface area (Å²) < 4.78 is 5.75. The highest BCUT2D eigenvalue weighted by Gasteiger charge is 2.17. The smallest absolute Gasteiger partial charge is 0.329 e. The van der Waals surface area contributed by atoms with Crippen molar-refractivity contribution in [1.82, 2.24) is 19.7 Å². The zero-order valence-corrected chi connectivity index (χ0v) is 15.0. The highest BCUT2D eigenvalue weighted by Crippen LogP contribution is 2.19. The predicted molar refractivity (Wildman–Crippen MR) is 94.6 cm³/mol. The van der Waals surface area contributed by atoms with Crippen molar-refractivity contribution >= 4 is 23.2 Å². The van der Waals surface area contributed by atoms with Crippen LogP contribution in [-0.2, 0) is 13.0 Å². The number of halogens is 2. The molecular formula is C16H11Cl2N5O4. The van der Waals surface area contributed by atoms with Gasteiger partial charge in [-0.3, -0.25) is 9.78 Å². The van der Waals surface area contributed by atoms with Crippen LogP contribution in [-0.4, -0.2) is 24.8 Å². The second kappa shape index (κ2) is 7.75. The summed E-state index contributed by atoms with van der Waals surface area (Å²) in [5.41, 5.74) is -1.38. The van der Waals surface area contributed by atoms with Crippen LogP contribution in [0.2, 0.25) is 10.0 Å². The largest absolute Gasteiger partial charge is 0.388 e. The van der Waals surface area contributed by atoms with Crippen LogP contribution < -0.4 is 11.2 Å². The van der Waals surface area contributed by atoms with Crippen LogP contribution in [0.1, 0.15) is 29.1 Å². The summed E-state index contributed by atoms with van der Waals surface area (Å²) in [7, 11) is 0. The normalized spacial score (nSPS) is 11.9. The molecule has 138 valence electrons. The topological polar surface area (TPSA) is 138 Å². The first-order chi connectivity index (χ1) is 12.9. The van der Waals surface area contributed by atoms with E-state index >= 15 is 0 Å². The summed E-state index contributed by atoms with van der Waals surface area (Å²) in [4.78, 5) is 30.3. The van der Waals surface area contributed by atoms with Gasteiger partial charge in [0.25, 0.3) is 5.56 Å². The first-order valence-electron chi connectivity index (χ1n) is 7.56. The second-order valence-corrected chi connectivity index (χ2v) is 6.31. The summed E-state index contributed by atoms with van der Waals surface area (Å²) in [5.74, 6) is 0.165. The Labute approximate surface area is 161 Å². The third-order valence-electron chi connectivity index (χ3n) is 3.68. The van der Waals surface area contributed by atoms with Gasteiger partial charge in [-0.05, 0) is 17.7 Å². The average Bonchev–Trinajstić information content (AvgIpc) is 3.09. The molecule has 0 spiro atoms. The highest BCUT2D eigenvalue weighted by atomic mass is 35.5. The van der Waals surface area contributed by atoms with Gasteiger partial charge in [0.1, 0.15) is 23.3 Å². The van der Waals surface area contributed by atoms with E-state index in [1.807, 2.05) is 0 Å². The molecule has 11 heteroatoms. The molecule has 27 heavy (non-hydrogen) atoms. The summed E-state index contributed by atoms with van der Waals surface area (Å²) in [6, 6.07) is 8.27. The summed E-state index contributed by atoms with van der Waals surface area (Å²) in [6.45, 7) is -0.330. The number of aromatic amines is 1. The summed E-state index contributed by atoms with van der Waals surface area (Å²) in [6.07, 6.45) is -0.826. The van der Waals surface area contributed by atoms with Crippen LogP contribution >= 0.6 is 23.2 Å². The lowest BCUT2D eigenvalue weighted by Crippen LogP contribution is -2.36. The SMILES string of the molecule is N#Cc1[nH]c(=O)n(Cc2nc(C[C@H](O)c3ccc(Cl)cc3)no2)c(=O)c1Cl. The molecule has 0 aliphatic rings. The van der Waals surface area contributed by atoms with Crippen LogP contribution in [0.15, 0.2) is 38.4 Å². The molecule has 3 rings (SSSR count). The van der Waals surface area contributed by atoms with Crippen molar-refractivity contribution in [2.75, 3.05) is 0 Å². The van der Waals surface area contributed by atoms with Gasteiger partial charge in [-0.25, -0.2) is 9.36 Å². The van der Waals surface area contributed by atoms with Crippen LogP contribution in [0, 0.1) is 11.3 Å². The minimum absolute atomic E-state index is 0.0262. The first-order valence-corrected chi connectivity index (χ1v) is 8.32. The van der Waals surface area contributed by atoms with E-state index in [0.717, 1.165) is 4.57 Å². The Morgan fingerprint density at radius 3 is 2.67 bits per heavy atom. The van der Waals surface area contributed by atoms with E-state index in [-0.39, 0.29) is 30.4 Å². The lowest BCUT2D eigenvalue weighted by Gasteiger charge is -2.08. The van der Waals surface area contributed by atoms with Gasteiger partial charge < -0.3 is 9.63 Å². The van der Waals surface area contributed by atoms with Crippen molar-refractivity contribution in [2.24, 2.45) is 0 Å². The Morgan fingerprint density at radius 2 is 2.00 bits per heavy atom. The molecule has 0 radical (unpaired) electrons. The number of aliphatic hydroxyl groups excluding tert-OH is 1. The molecule has 1 aromatic carbocycles. The van der Waals surface area contributed by atoms with Crippen molar-refractivity contribution < 1.29 is 9.63 Å². The number of rotatable bonds is 5. The van der Waals surface area contributed by atoms with Gasteiger partial charge in [0.15, 0.2) is 5.82 Å². The number of nitrogens with zero attached hydrogens (tertiary/aromatic N) is 4. The molecule has 0 saturated heterocycles. The van der Waals surface area contributed by atoms with Crippen molar-refractivity contribution in [3.8, 4) is 6.07 Å². The van der Waals surface area contributed by atoms with Gasteiger partial charge in [-0.15, -0.1) is 0 Å². The van der Waals surface area contributed by atoms with E-state index < -0.39 is 22.4 Å². The quantitative estimate of drug-likeness (QED) is 0.651. The number of hydrogen-bond donors (Lipinski definition) is 2. The van der Waals surface area contributed by atoms with E-state index in [1.54, 1.807) is 30.3 Å². The lowest BCUT2D eigenvalue weighted by molar-refractivity contribution is 0.174. The number of aliphatic hydroxyl groups is 1. The van der Waals surface area contributed by atoms with E-state index in [4.69, 9.17) is 33.0 Å². The van der Waals surface area contributed by atoms with Crippen molar-refractivity contribution in [3.63, 3.8) is 0 Å². The number of H-pyrrole nitrogens is 1. The monoisotopic (exact) mass is 407 g/mol. The van der Waals surface area contributed by atoms with Crippen molar-refractivity contribution in [3.05, 3.63) is 78.1 Å². The van der Waals surface area contributed by atoms with Gasteiger partial charge >= 0.3 is 5.69 Å². The Balaban J connectivity index is 1.78. The van der Waals surface area contributed by atoms with Gasteiger partial charge in [0.05, 0.1) is 6.10 Å². The molecule has 2 aromatic heterocycles. The van der Waals surface area contributed by atoms with E-state index in [0.29, 0.717) is 10.6 Å². The fraction of sp³-hybridized carbons (Fsp3) is 0.188. The summed E-state index contributed by atoms with van der Waals surface area (Å²) in [5, 5.41) is 22.9. The Bertz CT molecular complexity index is 1130. The molecular weight excluding hydrogens is 397 g/mol. The number of hydrogen-bond acceptors (Lipinski definition) is 7. The predicted octanol–water partition coefficient (Wildman–Crippen LogP) is 1.42. The molecule has 2 N–H and O–H groups in total. The molecule has 0 aliphatic carbocycles.